The highest BCUT2D eigenvalue weighted by molar-refractivity contribution is 6.23. The van der Waals surface area contributed by atoms with E-state index < -0.39 is 0 Å². The third-order valence-electron chi connectivity index (χ3n) is 6.62. The number of Topliss-reactive ketones (excluding diaryl/α,β-unsaturated/α-hetero) is 2. The largest absolute Gasteiger partial charge is 0.358 e. The Kier molecular flexibility index (Phi) is 4.03. The van der Waals surface area contributed by atoms with Gasteiger partial charge in [-0.3, -0.25) is 9.59 Å². The molecule has 3 heteroatoms. The van der Waals surface area contributed by atoms with E-state index in [0.717, 1.165) is 57.6 Å². The number of ketones is 2. The molecule has 0 radical (unpaired) electrons. The van der Waals surface area contributed by atoms with Crippen LogP contribution in [0.2, 0.25) is 0 Å². The summed E-state index contributed by atoms with van der Waals surface area (Å²) < 4.78 is 0. The average molecular weight is 403 g/mol. The molecule has 0 fully saturated rings. The Balaban J connectivity index is 1.51. The lowest BCUT2D eigenvalue weighted by Crippen LogP contribution is -2.31. The maximum atomic E-state index is 13.5. The van der Waals surface area contributed by atoms with Gasteiger partial charge in [-0.1, -0.05) is 78.9 Å². The first kappa shape index (κ1) is 18.1. The van der Waals surface area contributed by atoms with Gasteiger partial charge in [-0.05, 0) is 29.5 Å². The molecule has 3 nitrogen and oxygen atoms in total. The first-order valence-corrected chi connectivity index (χ1v) is 10.8. The second-order valence-electron chi connectivity index (χ2n) is 8.38. The van der Waals surface area contributed by atoms with Crippen molar-refractivity contribution in [1.82, 2.24) is 5.32 Å². The standard InChI is InChI=1S/C28H21NO2/c30-23-12-6-11-22-25(23)24(19-15-13-18(14-16-19)17-7-2-1-3-8-17)26-27(29-22)20-9-4-5-10-21(20)28(26)31/h1-5,7-10,13-16,24,29H,6,11-12H2. The zero-order valence-corrected chi connectivity index (χ0v) is 17.0. The van der Waals surface area contributed by atoms with Gasteiger partial charge in [-0.15, -0.1) is 0 Å². The van der Waals surface area contributed by atoms with Gasteiger partial charge in [0.05, 0.1) is 5.70 Å². The Morgan fingerprint density at radius 2 is 1.35 bits per heavy atom. The molecule has 1 heterocycles. The number of allylic oxidation sites excluding steroid dienone is 3. The Bertz CT molecular complexity index is 1300. The highest BCUT2D eigenvalue weighted by Crippen LogP contribution is 2.48. The van der Waals surface area contributed by atoms with Crippen LogP contribution in [0, 0.1) is 0 Å². The van der Waals surface area contributed by atoms with Crippen molar-refractivity contribution in [3.05, 3.63) is 112 Å². The Labute approximate surface area is 181 Å². The summed E-state index contributed by atoms with van der Waals surface area (Å²) in [5.41, 5.74) is 8.29. The summed E-state index contributed by atoms with van der Waals surface area (Å²) in [6.45, 7) is 0. The molecule has 1 atom stereocenters. The molecule has 0 aromatic heterocycles. The van der Waals surface area contributed by atoms with Crippen LogP contribution in [0.1, 0.15) is 46.7 Å². The summed E-state index contributed by atoms with van der Waals surface area (Å²) in [7, 11) is 0. The van der Waals surface area contributed by atoms with E-state index in [1.165, 1.54) is 0 Å². The fraction of sp³-hybridized carbons (Fsp3) is 0.143. The fourth-order valence-corrected chi connectivity index (χ4v) is 5.17. The minimum Gasteiger partial charge on any atom is -0.358 e. The van der Waals surface area contributed by atoms with Crippen LogP contribution in [0.5, 0.6) is 0 Å². The highest BCUT2D eigenvalue weighted by Gasteiger charge is 2.43. The molecule has 1 N–H and O–H groups in total. The van der Waals surface area contributed by atoms with Crippen LogP contribution in [0.25, 0.3) is 16.8 Å². The molecule has 31 heavy (non-hydrogen) atoms. The second-order valence-corrected chi connectivity index (χ2v) is 8.38. The van der Waals surface area contributed by atoms with E-state index in [9.17, 15) is 9.59 Å². The molecule has 3 aromatic rings. The smallest absolute Gasteiger partial charge is 0.192 e. The zero-order chi connectivity index (χ0) is 20.9. The van der Waals surface area contributed by atoms with Crippen molar-refractivity contribution in [2.24, 2.45) is 0 Å². The predicted molar refractivity (Wildman–Crippen MR) is 121 cm³/mol. The number of rotatable bonds is 2. The van der Waals surface area contributed by atoms with Crippen LogP contribution in [-0.2, 0) is 4.79 Å². The highest BCUT2D eigenvalue weighted by atomic mass is 16.1. The topological polar surface area (TPSA) is 46.2 Å². The fourth-order valence-electron chi connectivity index (χ4n) is 5.17. The van der Waals surface area contributed by atoms with Crippen LogP contribution < -0.4 is 5.32 Å². The SMILES string of the molecule is O=C1CCCC2=C1C(c1ccc(-c3ccccc3)cc1)C1=C(N2)c2ccccc2C1=O. The summed E-state index contributed by atoms with van der Waals surface area (Å²) in [5, 5.41) is 3.49. The number of carbonyl (C=O) groups excluding carboxylic acids is 2. The molecule has 0 bridgehead atoms. The maximum absolute atomic E-state index is 13.5. The lowest BCUT2D eigenvalue weighted by molar-refractivity contribution is -0.116. The van der Waals surface area contributed by atoms with E-state index >= 15 is 0 Å². The number of dihydropyridines is 1. The number of hydrogen-bond donors (Lipinski definition) is 1. The Morgan fingerprint density at radius 3 is 2.13 bits per heavy atom. The summed E-state index contributed by atoms with van der Waals surface area (Å²) in [6.07, 6.45) is 2.23. The molecule has 3 aliphatic rings. The summed E-state index contributed by atoms with van der Waals surface area (Å²) in [4.78, 5) is 26.5. The van der Waals surface area contributed by atoms with Gasteiger partial charge in [-0.2, -0.15) is 0 Å². The van der Waals surface area contributed by atoms with Crippen LogP contribution >= 0.6 is 0 Å². The minimum absolute atomic E-state index is 0.0279. The summed E-state index contributed by atoms with van der Waals surface area (Å²) in [5.74, 6) is -0.134. The van der Waals surface area contributed by atoms with Gasteiger partial charge >= 0.3 is 0 Å². The first-order chi connectivity index (χ1) is 15.2. The summed E-state index contributed by atoms with van der Waals surface area (Å²) >= 11 is 0. The molecule has 150 valence electrons. The number of nitrogens with one attached hydrogen (secondary N) is 1. The number of carbonyl (C=O) groups is 2. The average Bonchev–Trinajstić information content (AvgIpc) is 3.11. The molecular formula is C28H21NO2. The molecule has 0 saturated heterocycles. The normalized spacial score (nSPS) is 19.7. The van der Waals surface area contributed by atoms with Crippen molar-refractivity contribution in [1.29, 1.82) is 0 Å². The molecule has 3 aromatic carbocycles. The first-order valence-electron chi connectivity index (χ1n) is 10.8. The van der Waals surface area contributed by atoms with Gasteiger partial charge in [0.2, 0.25) is 0 Å². The van der Waals surface area contributed by atoms with Crippen LogP contribution in [0.15, 0.2) is 95.7 Å². The van der Waals surface area contributed by atoms with Gasteiger partial charge in [0, 0.05) is 40.3 Å². The van der Waals surface area contributed by atoms with Crippen molar-refractivity contribution >= 4 is 17.3 Å². The van der Waals surface area contributed by atoms with E-state index in [0.29, 0.717) is 12.0 Å². The molecule has 1 unspecified atom stereocenters. The third kappa shape index (κ3) is 2.73. The quantitative estimate of drug-likeness (QED) is 0.601. The molecule has 0 spiro atoms. The second kappa shape index (κ2) is 6.92. The van der Waals surface area contributed by atoms with Crippen molar-refractivity contribution in [3.63, 3.8) is 0 Å². The Morgan fingerprint density at radius 1 is 0.677 bits per heavy atom. The van der Waals surface area contributed by atoms with Gasteiger partial charge in [-0.25, -0.2) is 0 Å². The van der Waals surface area contributed by atoms with Crippen molar-refractivity contribution < 1.29 is 9.59 Å². The van der Waals surface area contributed by atoms with E-state index in [4.69, 9.17) is 0 Å². The number of benzene rings is 3. The molecule has 0 saturated carbocycles. The summed E-state index contributed by atoms with van der Waals surface area (Å²) in [6, 6.07) is 26.3. The van der Waals surface area contributed by atoms with E-state index in [1.807, 2.05) is 42.5 Å². The Hall–Kier alpha value is -3.72. The molecule has 2 aliphatic carbocycles. The lowest BCUT2D eigenvalue weighted by atomic mass is 9.75. The molecule has 0 amide bonds. The van der Waals surface area contributed by atoms with E-state index in [-0.39, 0.29) is 17.5 Å². The monoisotopic (exact) mass is 403 g/mol. The van der Waals surface area contributed by atoms with Crippen LogP contribution in [0.3, 0.4) is 0 Å². The van der Waals surface area contributed by atoms with E-state index in [2.05, 4.69) is 41.7 Å². The molecule has 1 aliphatic heterocycles. The van der Waals surface area contributed by atoms with Crippen molar-refractivity contribution in [2.45, 2.75) is 25.2 Å². The lowest BCUT2D eigenvalue weighted by Gasteiger charge is -2.33. The van der Waals surface area contributed by atoms with Crippen molar-refractivity contribution in [3.8, 4) is 11.1 Å². The van der Waals surface area contributed by atoms with Crippen LogP contribution in [-0.4, -0.2) is 11.6 Å². The van der Waals surface area contributed by atoms with Crippen molar-refractivity contribution in [2.75, 3.05) is 0 Å². The number of fused-ring (bicyclic) bond motifs is 2. The van der Waals surface area contributed by atoms with Gasteiger partial charge < -0.3 is 5.32 Å². The predicted octanol–water partition coefficient (Wildman–Crippen LogP) is 5.66. The minimum atomic E-state index is -0.316. The maximum Gasteiger partial charge on any atom is 0.192 e. The van der Waals surface area contributed by atoms with Gasteiger partial charge in [0.1, 0.15) is 0 Å². The number of hydrogen-bond acceptors (Lipinski definition) is 3. The molecular weight excluding hydrogens is 382 g/mol. The zero-order valence-electron chi connectivity index (χ0n) is 17.0. The van der Waals surface area contributed by atoms with Gasteiger partial charge in [0.25, 0.3) is 0 Å². The molecule has 6 rings (SSSR count). The van der Waals surface area contributed by atoms with Crippen LogP contribution in [0.4, 0.5) is 0 Å². The van der Waals surface area contributed by atoms with E-state index in [1.54, 1.807) is 0 Å². The van der Waals surface area contributed by atoms with Gasteiger partial charge in [0.15, 0.2) is 11.6 Å². The third-order valence-corrected chi connectivity index (χ3v) is 6.62.